The predicted molar refractivity (Wildman–Crippen MR) is 79.8 cm³/mol. The van der Waals surface area contributed by atoms with Gasteiger partial charge in [0.25, 0.3) is 0 Å². The maximum Gasteiger partial charge on any atom is 0.244 e. The lowest BCUT2D eigenvalue weighted by Crippen LogP contribution is -2.29. The maximum absolute atomic E-state index is 13.4. The van der Waals surface area contributed by atoms with Gasteiger partial charge in [0.05, 0.1) is 12.6 Å². The van der Waals surface area contributed by atoms with Crippen LogP contribution in [0.4, 0.5) is 4.39 Å². The number of nitrogens with one attached hydrogen (secondary N) is 1. The summed E-state index contributed by atoms with van der Waals surface area (Å²) in [6.45, 7) is -0.205. The van der Waals surface area contributed by atoms with Crippen LogP contribution in [0.1, 0.15) is 17.2 Å². The summed E-state index contributed by atoms with van der Waals surface area (Å²) in [5.74, 6) is -0.774. The van der Waals surface area contributed by atoms with Crippen molar-refractivity contribution in [2.45, 2.75) is 6.04 Å². The van der Waals surface area contributed by atoms with Crippen molar-refractivity contribution in [2.24, 2.45) is 0 Å². The van der Waals surface area contributed by atoms with Crippen LogP contribution in [0.3, 0.4) is 0 Å². The quantitative estimate of drug-likeness (QED) is 0.830. The topological polar surface area (TPSA) is 49.3 Å². The second-order valence-corrected chi connectivity index (χ2v) is 4.51. The molecule has 2 aromatic rings. The minimum absolute atomic E-state index is 0.205. The molecule has 1 atom stereocenters. The molecule has 0 spiro atoms. The lowest BCUT2D eigenvalue weighted by molar-refractivity contribution is -0.117. The van der Waals surface area contributed by atoms with Crippen LogP contribution in [0.2, 0.25) is 0 Å². The van der Waals surface area contributed by atoms with Gasteiger partial charge in [-0.2, -0.15) is 0 Å². The molecule has 1 amide bonds. The number of hydrogen-bond donors (Lipinski definition) is 2. The van der Waals surface area contributed by atoms with E-state index >= 15 is 0 Å². The number of benzene rings is 2. The molecule has 4 heteroatoms. The first-order valence-electron chi connectivity index (χ1n) is 6.59. The van der Waals surface area contributed by atoms with Crippen molar-refractivity contribution in [3.8, 4) is 0 Å². The average Bonchev–Trinajstić information content (AvgIpc) is 2.52. The zero-order chi connectivity index (χ0) is 15.1. The van der Waals surface area contributed by atoms with E-state index in [2.05, 4.69) is 5.32 Å². The maximum atomic E-state index is 13.4. The molecule has 0 saturated heterocycles. The largest absolute Gasteiger partial charge is 0.394 e. The van der Waals surface area contributed by atoms with Crippen molar-refractivity contribution in [3.63, 3.8) is 0 Å². The molecule has 0 fully saturated rings. The van der Waals surface area contributed by atoms with Gasteiger partial charge < -0.3 is 10.4 Å². The number of carbonyl (C=O) groups excluding carboxylic acids is 1. The van der Waals surface area contributed by atoms with Gasteiger partial charge in [-0.15, -0.1) is 0 Å². The number of amides is 1. The Labute approximate surface area is 122 Å². The monoisotopic (exact) mass is 285 g/mol. The number of aliphatic hydroxyl groups is 1. The van der Waals surface area contributed by atoms with Gasteiger partial charge in [0, 0.05) is 11.6 Å². The smallest absolute Gasteiger partial charge is 0.244 e. The average molecular weight is 285 g/mol. The highest BCUT2D eigenvalue weighted by Crippen LogP contribution is 2.12. The molecule has 0 aromatic heterocycles. The lowest BCUT2D eigenvalue weighted by Gasteiger charge is -2.15. The van der Waals surface area contributed by atoms with Gasteiger partial charge in [-0.05, 0) is 17.7 Å². The Hall–Kier alpha value is -2.46. The molecule has 0 aliphatic rings. The van der Waals surface area contributed by atoms with Gasteiger partial charge in [-0.3, -0.25) is 4.79 Å². The summed E-state index contributed by atoms with van der Waals surface area (Å²) in [4.78, 5) is 11.8. The molecule has 0 heterocycles. The van der Waals surface area contributed by atoms with Crippen LogP contribution >= 0.6 is 0 Å². The van der Waals surface area contributed by atoms with E-state index in [1.807, 2.05) is 30.3 Å². The summed E-state index contributed by atoms with van der Waals surface area (Å²) < 4.78 is 13.4. The van der Waals surface area contributed by atoms with Crippen molar-refractivity contribution in [1.82, 2.24) is 5.32 Å². The standard InChI is InChI=1S/C17H16FNO2/c18-15-9-5-4-6-13(15)10-11-17(21)19-16(12-20)14-7-2-1-3-8-14/h1-11,16,20H,12H2,(H,19,21)/b11-10+/t16-/m0/s1. The highest BCUT2D eigenvalue weighted by molar-refractivity contribution is 5.92. The van der Waals surface area contributed by atoms with Gasteiger partial charge >= 0.3 is 0 Å². The van der Waals surface area contributed by atoms with E-state index in [0.29, 0.717) is 5.56 Å². The van der Waals surface area contributed by atoms with E-state index in [1.165, 1.54) is 18.2 Å². The van der Waals surface area contributed by atoms with Crippen molar-refractivity contribution in [2.75, 3.05) is 6.61 Å². The summed E-state index contributed by atoms with van der Waals surface area (Å²) in [6, 6.07) is 14.9. The van der Waals surface area contributed by atoms with Crippen LogP contribution in [-0.4, -0.2) is 17.6 Å². The van der Waals surface area contributed by atoms with Crippen LogP contribution in [-0.2, 0) is 4.79 Å². The Bertz CT molecular complexity index is 626. The minimum Gasteiger partial charge on any atom is -0.394 e. The van der Waals surface area contributed by atoms with Gasteiger partial charge in [0.2, 0.25) is 5.91 Å². The fraction of sp³-hybridized carbons (Fsp3) is 0.118. The Balaban J connectivity index is 2.02. The number of rotatable bonds is 5. The van der Waals surface area contributed by atoms with Crippen LogP contribution < -0.4 is 5.32 Å². The Morgan fingerprint density at radius 2 is 1.81 bits per heavy atom. The van der Waals surface area contributed by atoms with Crippen LogP contribution in [0.5, 0.6) is 0 Å². The van der Waals surface area contributed by atoms with Gasteiger partial charge in [0.15, 0.2) is 0 Å². The van der Waals surface area contributed by atoms with Crippen molar-refractivity contribution < 1.29 is 14.3 Å². The molecule has 2 rings (SSSR count). The minimum atomic E-state index is -0.482. The molecule has 108 valence electrons. The highest BCUT2D eigenvalue weighted by atomic mass is 19.1. The fourth-order valence-corrected chi connectivity index (χ4v) is 1.92. The van der Waals surface area contributed by atoms with E-state index in [0.717, 1.165) is 5.56 Å². The Morgan fingerprint density at radius 3 is 2.48 bits per heavy atom. The van der Waals surface area contributed by atoms with E-state index < -0.39 is 6.04 Å². The second kappa shape index (κ2) is 7.36. The lowest BCUT2D eigenvalue weighted by atomic mass is 10.1. The normalized spacial score (nSPS) is 12.3. The second-order valence-electron chi connectivity index (χ2n) is 4.51. The summed E-state index contributed by atoms with van der Waals surface area (Å²) in [5.41, 5.74) is 1.15. The molecule has 2 aromatic carbocycles. The molecule has 2 N–H and O–H groups in total. The first-order valence-corrected chi connectivity index (χ1v) is 6.59. The molecule has 0 aliphatic heterocycles. The molecular formula is C17H16FNO2. The number of carbonyl (C=O) groups is 1. The molecule has 0 saturated carbocycles. The summed E-state index contributed by atoms with van der Waals surface area (Å²) in [6.07, 6.45) is 2.66. The van der Waals surface area contributed by atoms with Gasteiger partial charge in [-0.1, -0.05) is 48.5 Å². The van der Waals surface area contributed by atoms with Crippen molar-refractivity contribution >= 4 is 12.0 Å². The summed E-state index contributed by atoms with van der Waals surface area (Å²) in [7, 11) is 0. The molecule has 0 unspecified atom stereocenters. The summed E-state index contributed by atoms with van der Waals surface area (Å²) >= 11 is 0. The SMILES string of the molecule is O=C(/C=C/c1ccccc1F)N[C@@H](CO)c1ccccc1. The molecule has 3 nitrogen and oxygen atoms in total. The van der Waals surface area contributed by atoms with Crippen molar-refractivity contribution in [3.05, 3.63) is 77.6 Å². The van der Waals surface area contributed by atoms with Crippen LogP contribution in [0, 0.1) is 5.82 Å². The third kappa shape index (κ3) is 4.26. The third-order valence-electron chi connectivity index (χ3n) is 3.02. The van der Waals surface area contributed by atoms with E-state index in [-0.39, 0.29) is 18.3 Å². The predicted octanol–water partition coefficient (Wildman–Crippen LogP) is 2.69. The van der Waals surface area contributed by atoms with E-state index in [1.54, 1.807) is 18.2 Å². The summed E-state index contributed by atoms with van der Waals surface area (Å²) in [5, 5.41) is 12.0. The molecule has 21 heavy (non-hydrogen) atoms. The number of halogens is 1. The van der Waals surface area contributed by atoms with Gasteiger partial charge in [0.1, 0.15) is 5.82 Å². The molecule has 0 radical (unpaired) electrons. The Morgan fingerprint density at radius 1 is 1.14 bits per heavy atom. The Kier molecular flexibility index (Phi) is 5.23. The van der Waals surface area contributed by atoms with Crippen LogP contribution in [0.15, 0.2) is 60.7 Å². The van der Waals surface area contributed by atoms with Gasteiger partial charge in [-0.25, -0.2) is 4.39 Å². The molecular weight excluding hydrogens is 269 g/mol. The first kappa shape index (κ1) is 14.9. The van der Waals surface area contributed by atoms with E-state index in [9.17, 15) is 14.3 Å². The van der Waals surface area contributed by atoms with Crippen LogP contribution in [0.25, 0.3) is 6.08 Å². The zero-order valence-electron chi connectivity index (χ0n) is 11.4. The number of aliphatic hydroxyl groups excluding tert-OH is 1. The first-order chi connectivity index (χ1) is 10.2. The highest BCUT2D eigenvalue weighted by Gasteiger charge is 2.11. The third-order valence-corrected chi connectivity index (χ3v) is 3.02. The fourth-order valence-electron chi connectivity index (χ4n) is 1.92. The van der Waals surface area contributed by atoms with Crippen molar-refractivity contribution in [1.29, 1.82) is 0 Å². The number of hydrogen-bond acceptors (Lipinski definition) is 2. The molecule has 0 aliphatic carbocycles. The zero-order valence-corrected chi connectivity index (χ0v) is 11.4. The molecule has 0 bridgehead atoms. The van der Waals surface area contributed by atoms with E-state index in [4.69, 9.17) is 0 Å².